The van der Waals surface area contributed by atoms with Gasteiger partial charge in [-0.2, -0.15) is 0 Å². The average Bonchev–Trinajstić information content (AvgIpc) is 2.96. The highest BCUT2D eigenvalue weighted by Gasteiger charge is 2.32. The van der Waals surface area contributed by atoms with E-state index in [1.165, 1.54) is 28.1 Å². The lowest BCUT2D eigenvalue weighted by molar-refractivity contribution is 0.733. The van der Waals surface area contributed by atoms with Crippen LogP contribution in [0.4, 0.5) is 17.1 Å². The van der Waals surface area contributed by atoms with E-state index in [4.69, 9.17) is 0 Å². The van der Waals surface area contributed by atoms with Crippen LogP contribution in [0.5, 0.6) is 0 Å². The number of aryl methyl sites for hydroxylation is 1. The van der Waals surface area contributed by atoms with Crippen molar-refractivity contribution in [1.29, 1.82) is 0 Å². The van der Waals surface area contributed by atoms with Crippen LogP contribution in [0.1, 0.15) is 12.5 Å². The molecule has 2 aromatic heterocycles. The average molecular weight is 277 g/mol. The molecule has 0 saturated heterocycles. The van der Waals surface area contributed by atoms with Gasteiger partial charge in [0.25, 0.3) is 0 Å². The molecule has 0 saturated carbocycles. The molecule has 1 aliphatic rings. The minimum atomic E-state index is 0.318. The van der Waals surface area contributed by atoms with E-state index >= 15 is 0 Å². The molecule has 21 heavy (non-hydrogen) atoms. The molecule has 106 valence electrons. The highest BCUT2D eigenvalue weighted by atomic mass is 15.4. The van der Waals surface area contributed by atoms with Crippen molar-refractivity contribution >= 4 is 22.6 Å². The summed E-state index contributed by atoms with van der Waals surface area (Å²) in [6.45, 7) is 4.46. The van der Waals surface area contributed by atoms with Gasteiger partial charge >= 0.3 is 0 Å². The zero-order valence-corrected chi connectivity index (χ0v) is 12.6. The van der Waals surface area contributed by atoms with Gasteiger partial charge in [-0.3, -0.25) is 0 Å². The fourth-order valence-electron chi connectivity index (χ4n) is 3.36. The summed E-state index contributed by atoms with van der Waals surface area (Å²) in [5.41, 5.74) is 6.45. The van der Waals surface area contributed by atoms with E-state index in [1.54, 1.807) is 0 Å². The number of rotatable bonds is 1. The third kappa shape index (κ3) is 1.60. The van der Waals surface area contributed by atoms with Gasteiger partial charge in [0.15, 0.2) is 0 Å². The summed E-state index contributed by atoms with van der Waals surface area (Å²) in [5, 5.41) is 0. The number of pyridine rings is 1. The lowest BCUT2D eigenvalue weighted by Crippen LogP contribution is -2.35. The third-order valence-corrected chi connectivity index (χ3v) is 4.63. The normalized spacial score (nSPS) is 17.6. The Morgan fingerprint density at radius 1 is 0.905 bits per heavy atom. The number of fused-ring (bicyclic) bond motifs is 2. The van der Waals surface area contributed by atoms with Gasteiger partial charge in [0.05, 0.1) is 22.6 Å². The predicted octanol–water partition coefficient (Wildman–Crippen LogP) is 4.18. The maximum absolute atomic E-state index is 2.43. The second-order valence-corrected chi connectivity index (χ2v) is 5.73. The largest absolute Gasteiger partial charge is 0.353 e. The molecule has 1 atom stereocenters. The van der Waals surface area contributed by atoms with Crippen LogP contribution >= 0.6 is 0 Å². The highest BCUT2D eigenvalue weighted by Crippen LogP contribution is 2.44. The van der Waals surface area contributed by atoms with Crippen molar-refractivity contribution in [2.24, 2.45) is 0 Å². The summed E-state index contributed by atoms with van der Waals surface area (Å²) in [6, 6.07) is 15.0. The maximum Gasteiger partial charge on any atom is 0.103 e. The standard InChI is InChI=1S/C18H19N3/c1-13-15-8-6-7-11-20(15)12-18(13)21-14(2)19(3)16-9-4-5-10-17(16)21/h4-12,14H,1-3H3/t14-/m0/s1. The highest BCUT2D eigenvalue weighted by molar-refractivity contribution is 5.86. The van der Waals surface area contributed by atoms with Gasteiger partial charge in [0, 0.05) is 19.4 Å². The summed E-state index contributed by atoms with van der Waals surface area (Å²) < 4.78 is 2.21. The van der Waals surface area contributed by atoms with Crippen LogP contribution in [0.25, 0.3) is 5.52 Å². The molecule has 1 aliphatic heterocycles. The first-order valence-electron chi connectivity index (χ1n) is 7.36. The SMILES string of the molecule is Cc1c(N2c3ccccc3N(C)[C@@H]2C)cn2ccccc12. The van der Waals surface area contributed by atoms with Crippen LogP contribution in [0.2, 0.25) is 0 Å². The van der Waals surface area contributed by atoms with E-state index in [0.717, 1.165) is 0 Å². The Labute approximate surface area is 125 Å². The van der Waals surface area contributed by atoms with Crippen LogP contribution in [0.3, 0.4) is 0 Å². The molecule has 0 radical (unpaired) electrons. The number of hydrogen-bond acceptors (Lipinski definition) is 2. The summed E-state index contributed by atoms with van der Waals surface area (Å²) in [6.07, 6.45) is 4.66. The number of anilines is 3. The summed E-state index contributed by atoms with van der Waals surface area (Å²) >= 11 is 0. The maximum atomic E-state index is 2.43. The molecule has 1 aromatic carbocycles. The molecule has 3 heteroatoms. The van der Waals surface area contributed by atoms with E-state index in [1.807, 2.05) is 0 Å². The molecule has 3 heterocycles. The molecule has 0 aliphatic carbocycles. The number of para-hydroxylation sites is 2. The summed E-state index contributed by atoms with van der Waals surface area (Å²) in [7, 11) is 2.16. The Morgan fingerprint density at radius 2 is 1.62 bits per heavy atom. The van der Waals surface area contributed by atoms with Gasteiger partial charge in [0.2, 0.25) is 0 Å². The van der Waals surface area contributed by atoms with E-state index in [-0.39, 0.29) is 0 Å². The molecular weight excluding hydrogens is 258 g/mol. The van der Waals surface area contributed by atoms with Crippen LogP contribution in [-0.2, 0) is 0 Å². The molecule has 0 fully saturated rings. The number of hydrogen-bond donors (Lipinski definition) is 0. The summed E-state index contributed by atoms with van der Waals surface area (Å²) in [5.74, 6) is 0. The van der Waals surface area contributed by atoms with Crippen molar-refractivity contribution < 1.29 is 0 Å². The van der Waals surface area contributed by atoms with Crippen molar-refractivity contribution in [2.75, 3.05) is 16.8 Å². The van der Waals surface area contributed by atoms with Gasteiger partial charge in [-0.25, -0.2) is 0 Å². The van der Waals surface area contributed by atoms with Gasteiger partial charge in [-0.1, -0.05) is 18.2 Å². The number of aromatic nitrogens is 1. The Morgan fingerprint density at radius 3 is 2.38 bits per heavy atom. The monoisotopic (exact) mass is 277 g/mol. The van der Waals surface area contributed by atoms with Crippen molar-refractivity contribution in [1.82, 2.24) is 4.40 Å². The number of benzene rings is 1. The van der Waals surface area contributed by atoms with Crippen LogP contribution in [0, 0.1) is 6.92 Å². The van der Waals surface area contributed by atoms with Gasteiger partial charge in [-0.15, -0.1) is 0 Å². The minimum Gasteiger partial charge on any atom is -0.353 e. The predicted molar refractivity (Wildman–Crippen MR) is 88.6 cm³/mol. The fourth-order valence-corrected chi connectivity index (χ4v) is 3.36. The van der Waals surface area contributed by atoms with E-state index < -0.39 is 0 Å². The molecule has 4 rings (SSSR count). The Hall–Kier alpha value is -2.42. The molecule has 3 nitrogen and oxygen atoms in total. The molecule has 0 amide bonds. The first kappa shape index (κ1) is 12.3. The van der Waals surface area contributed by atoms with Gasteiger partial charge < -0.3 is 14.2 Å². The molecule has 0 spiro atoms. The van der Waals surface area contributed by atoms with Crippen molar-refractivity contribution in [3.8, 4) is 0 Å². The van der Waals surface area contributed by atoms with Crippen LogP contribution in [0.15, 0.2) is 54.9 Å². The zero-order valence-electron chi connectivity index (χ0n) is 12.6. The van der Waals surface area contributed by atoms with E-state index in [0.29, 0.717) is 6.17 Å². The second-order valence-electron chi connectivity index (χ2n) is 5.73. The fraction of sp³-hybridized carbons (Fsp3) is 0.222. The lowest BCUT2D eigenvalue weighted by atomic mass is 10.2. The smallest absolute Gasteiger partial charge is 0.103 e. The van der Waals surface area contributed by atoms with E-state index in [2.05, 4.69) is 90.0 Å². The van der Waals surface area contributed by atoms with E-state index in [9.17, 15) is 0 Å². The van der Waals surface area contributed by atoms with Gasteiger partial charge in [0.1, 0.15) is 6.17 Å². The molecular formula is C18H19N3. The van der Waals surface area contributed by atoms with Gasteiger partial charge in [-0.05, 0) is 43.7 Å². The van der Waals surface area contributed by atoms with Crippen molar-refractivity contribution in [2.45, 2.75) is 20.0 Å². The Bertz CT molecular complexity index is 818. The van der Waals surface area contributed by atoms with Crippen LogP contribution in [-0.4, -0.2) is 17.6 Å². The summed E-state index contributed by atoms with van der Waals surface area (Å²) in [4.78, 5) is 4.76. The third-order valence-electron chi connectivity index (χ3n) is 4.63. The minimum absolute atomic E-state index is 0.318. The molecule has 0 bridgehead atoms. The lowest BCUT2D eigenvalue weighted by Gasteiger charge is -2.27. The molecule has 0 unspecified atom stereocenters. The molecule has 0 N–H and O–H groups in total. The topological polar surface area (TPSA) is 10.9 Å². The quantitative estimate of drug-likeness (QED) is 0.660. The second kappa shape index (κ2) is 4.29. The first-order valence-corrected chi connectivity index (χ1v) is 7.36. The van der Waals surface area contributed by atoms with Crippen molar-refractivity contribution in [3.63, 3.8) is 0 Å². The molecule has 3 aromatic rings. The zero-order chi connectivity index (χ0) is 14.6. The Kier molecular flexibility index (Phi) is 2.52. The van der Waals surface area contributed by atoms with Crippen molar-refractivity contribution in [3.05, 3.63) is 60.4 Å². The first-order chi connectivity index (χ1) is 10.2. The number of nitrogens with zero attached hydrogens (tertiary/aromatic N) is 3. The Balaban J connectivity index is 1.95. The van der Waals surface area contributed by atoms with Crippen LogP contribution < -0.4 is 9.80 Å².